The van der Waals surface area contributed by atoms with Crippen LogP contribution >= 0.6 is 11.6 Å². The number of amides is 1. The normalized spacial score (nSPS) is 12.2. The van der Waals surface area contributed by atoms with E-state index in [4.69, 9.17) is 16.3 Å². The van der Waals surface area contributed by atoms with Crippen LogP contribution in [0.4, 0.5) is 0 Å². The van der Waals surface area contributed by atoms with Gasteiger partial charge in [0, 0.05) is 24.9 Å². The Morgan fingerprint density at radius 1 is 1.69 bits per heavy atom. The summed E-state index contributed by atoms with van der Waals surface area (Å²) in [7, 11) is 0. The molecule has 1 atom stereocenters. The molecule has 0 aliphatic rings. The summed E-state index contributed by atoms with van der Waals surface area (Å²) in [5, 5.41) is 3.07. The minimum atomic E-state index is -0.171. The van der Waals surface area contributed by atoms with E-state index in [0.717, 1.165) is 0 Å². The van der Waals surface area contributed by atoms with Crippen LogP contribution in [0.25, 0.3) is 0 Å². The van der Waals surface area contributed by atoms with Crippen molar-refractivity contribution in [2.45, 2.75) is 20.0 Å². The minimum absolute atomic E-state index is 0.00580. The summed E-state index contributed by atoms with van der Waals surface area (Å²) >= 11 is 5.69. The van der Waals surface area contributed by atoms with Gasteiger partial charge >= 0.3 is 0 Å². The molecule has 0 aromatic carbocycles. The summed E-state index contributed by atoms with van der Waals surface area (Å²) in [4.78, 5) is 15.5. The molecule has 1 heterocycles. The van der Waals surface area contributed by atoms with Crippen molar-refractivity contribution in [1.29, 1.82) is 0 Å². The maximum Gasteiger partial charge on any atom is 0.251 e. The summed E-state index contributed by atoms with van der Waals surface area (Å²) in [6, 6.07) is 3.15. The molecule has 0 saturated heterocycles. The lowest BCUT2D eigenvalue weighted by Gasteiger charge is -2.12. The molecule has 1 N–H and O–H groups in total. The van der Waals surface area contributed by atoms with Gasteiger partial charge in [0.05, 0.1) is 6.10 Å². The van der Waals surface area contributed by atoms with Crippen molar-refractivity contribution in [2.24, 2.45) is 0 Å². The molecule has 0 fully saturated rings. The summed E-state index contributed by atoms with van der Waals surface area (Å²) < 4.78 is 5.30. The number of nitrogens with zero attached hydrogens (tertiary/aromatic N) is 1. The molecule has 1 aromatic rings. The summed E-state index contributed by atoms with van der Waals surface area (Å²) in [5.74, 6) is -0.171. The van der Waals surface area contributed by atoms with Crippen LogP contribution in [-0.2, 0) is 4.74 Å². The lowest BCUT2D eigenvalue weighted by molar-refractivity contribution is 0.0695. The summed E-state index contributed by atoms with van der Waals surface area (Å²) in [6.45, 7) is 4.94. The van der Waals surface area contributed by atoms with Gasteiger partial charge in [-0.2, -0.15) is 0 Å². The summed E-state index contributed by atoms with van der Waals surface area (Å²) in [6.07, 6.45) is 1.51. The first-order chi connectivity index (χ1) is 7.63. The molecule has 5 heteroatoms. The number of carbonyl (C=O) groups is 1. The average molecular weight is 243 g/mol. The Bertz CT molecular complexity index is 358. The van der Waals surface area contributed by atoms with Gasteiger partial charge in [0.2, 0.25) is 0 Å². The van der Waals surface area contributed by atoms with E-state index in [1.165, 1.54) is 12.3 Å². The van der Waals surface area contributed by atoms with E-state index in [1.54, 1.807) is 6.07 Å². The number of rotatable bonds is 5. The number of hydrogen-bond donors (Lipinski definition) is 1. The van der Waals surface area contributed by atoms with Crippen molar-refractivity contribution >= 4 is 17.5 Å². The van der Waals surface area contributed by atoms with Crippen molar-refractivity contribution < 1.29 is 9.53 Å². The van der Waals surface area contributed by atoms with E-state index in [9.17, 15) is 4.79 Å². The molecule has 4 nitrogen and oxygen atoms in total. The zero-order valence-corrected chi connectivity index (χ0v) is 10.1. The molecule has 0 bridgehead atoms. The number of ether oxygens (including phenoxy) is 1. The third-order valence-corrected chi connectivity index (χ3v) is 2.20. The van der Waals surface area contributed by atoms with Gasteiger partial charge in [0.1, 0.15) is 5.15 Å². The lowest BCUT2D eigenvalue weighted by atomic mass is 10.2. The topological polar surface area (TPSA) is 51.2 Å². The monoisotopic (exact) mass is 242 g/mol. The Hall–Kier alpha value is -1.13. The van der Waals surface area contributed by atoms with Gasteiger partial charge in [-0.25, -0.2) is 4.98 Å². The molecular weight excluding hydrogens is 228 g/mol. The fraction of sp³-hybridized carbons (Fsp3) is 0.455. The van der Waals surface area contributed by atoms with Crippen LogP contribution in [-0.4, -0.2) is 30.1 Å². The van der Waals surface area contributed by atoms with Gasteiger partial charge in [-0.1, -0.05) is 11.6 Å². The third-order valence-electron chi connectivity index (χ3n) is 1.99. The molecule has 88 valence electrons. The number of pyridine rings is 1. The highest BCUT2D eigenvalue weighted by molar-refractivity contribution is 6.29. The standard InChI is InChI=1S/C11H15ClN2O2/c1-3-16-8(2)7-14-11(15)9-4-5-13-10(12)6-9/h4-6,8H,3,7H2,1-2H3,(H,14,15). The zero-order valence-electron chi connectivity index (χ0n) is 9.37. The molecule has 0 saturated carbocycles. The Morgan fingerprint density at radius 2 is 2.44 bits per heavy atom. The Balaban J connectivity index is 2.47. The van der Waals surface area contributed by atoms with Crippen LogP contribution in [0.1, 0.15) is 24.2 Å². The summed E-state index contributed by atoms with van der Waals surface area (Å²) in [5.41, 5.74) is 0.503. The van der Waals surface area contributed by atoms with Crippen LogP contribution in [0.15, 0.2) is 18.3 Å². The Kier molecular flexibility index (Phi) is 5.22. The van der Waals surface area contributed by atoms with E-state index in [1.807, 2.05) is 13.8 Å². The maximum absolute atomic E-state index is 11.7. The smallest absolute Gasteiger partial charge is 0.251 e. The predicted molar refractivity (Wildman–Crippen MR) is 62.7 cm³/mol. The Morgan fingerprint density at radius 3 is 3.06 bits per heavy atom. The predicted octanol–water partition coefficient (Wildman–Crippen LogP) is 1.89. The van der Waals surface area contributed by atoms with Crippen LogP contribution in [0.3, 0.4) is 0 Å². The van der Waals surface area contributed by atoms with Gasteiger partial charge in [0.15, 0.2) is 0 Å². The van der Waals surface area contributed by atoms with E-state index in [2.05, 4.69) is 10.3 Å². The molecule has 0 aliphatic heterocycles. The molecule has 0 aliphatic carbocycles. The number of carbonyl (C=O) groups excluding carboxylic acids is 1. The van der Waals surface area contributed by atoms with Gasteiger partial charge in [-0.05, 0) is 26.0 Å². The SMILES string of the molecule is CCOC(C)CNC(=O)c1ccnc(Cl)c1. The molecule has 1 rings (SSSR count). The van der Waals surface area contributed by atoms with Crippen molar-refractivity contribution in [3.63, 3.8) is 0 Å². The van der Waals surface area contributed by atoms with Crippen LogP contribution < -0.4 is 5.32 Å². The second kappa shape index (κ2) is 6.45. The maximum atomic E-state index is 11.7. The van der Waals surface area contributed by atoms with E-state index >= 15 is 0 Å². The first-order valence-corrected chi connectivity index (χ1v) is 5.52. The highest BCUT2D eigenvalue weighted by Gasteiger charge is 2.08. The Labute approximate surface area is 100.0 Å². The number of nitrogens with one attached hydrogen (secondary N) is 1. The molecule has 0 spiro atoms. The van der Waals surface area contributed by atoms with E-state index in [-0.39, 0.29) is 12.0 Å². The first-order valence-electron chi connectivity index (χ1n) is 5.14. The largest absolute Gasteiger partial charge is 0.377 e. The van der Waals surface area contributed by atoms with Crippen molar-refractivity contribution in [2.75, 3.05) is 13.2 Å². The van der Waals surface area contributed by atoms with Gasteiger partial charge in [0.25, 0.3) is 5.91 Å². The molecule has 1 unspecified atom stereocenters. The molecular formula is C11H15ClN2O2. The minimum Gasteiger partial charge on any atom is -0.377 e. The van der Waals surface area contributed by atoms with Crippen molar-refractivity contribution in [3.8, 4) is 0 Å². The highest BCUT2D eigenvalue weighted by atomic mass is 35.5. The second-order valence-corrected chi connectivity index (χ2v) is 3.73. The number of halogens is 1. The lowest BCUT2D eigenvalue weighted by Crippen LogP contribution is -2.32. The fourth-order valence-electron chi connectivity index (χ4n) is 1.23. The molecule has 1 aromatic heterocycles. The van der Waals surface area contributed by atoms with Crippen molar-refractivity contribution in [3.05, 3.63) is 29.0 Å². The fourth-order valence-corrected chi connectivity index (χ4v) is 1.40. The molecule has 0 radical (unpaired) electrons. The molecule has 1 amide bonds. The first kappa shape index (κ1) is 12.9. The van der Waals surface area contributed by atoms with E-state index < -0.39 is 0 Å². The van der Waals surface area contributed by atoms with Gasteiger partial charge in [-0.3, -0.25) is 4.79 Å². The van der Waals surface area contributed by atoms with Crippen LogP contribution in [0.5, 0.6) is 0 Å². The quantitative estimate of drug-likeness (QED) is 0.803. The van der Waals surface area contributed by atoms with Crippen molar-refractivity contribution in [1.82, 2.24) is 10.3 Å². The van der Waals surface area contributed by atoms with Crippen LogP contribution in [0.2, 0.25) is 5.15 Å². The highest BCUT2D eigenvalue weighted by Crippen LogP contribution is 2.06. The van der Waals surface area contributed by atoms with Gasteiger partial charge < -0.3 is 10.1 Å². The zero-order chi connectivity index (χ0) is 12.0. The van der Waals surface area contributed by atoms with Crippen LogP contribution in [0, 0.1) is 0 Å². The third kappa shape index (κ3) is 4.16. The number of hydrogen-bond acceptors (Lipinski definition) is 3. The second-order valence-electron chi connectivity index (χ2n) is 3.34. The number of aromatic nitrogens is 1. The van der Waals surface area contributed by atoms with E-state index in [0.29, 0.717) is 23.9 Å². The van der Waals surface area contributed by atoms with Gasteiger partial charge in [-0.15, -0.1) is 0 Å². The molecule has 16 heavy (non-hydrogen) atoms. The average Bonchev–Trinajstić information content (AvgIpc) is 2.26.